The molecule has 0 aromatic heterocycles. The largest absolute Gasteiger partial charge is 0.493 e. The summed E-state index contributed by atoms with van der Waals surface area (Å²) < 4.78 is 10.7. The van der Waals surface area contributed by atoms with Crippen molar-refractivity contribution in [2.45, 2.75) is 19.4 Å². The maximum Gasteiger partial charge on any atom is 0.227 e. The number of anilines is 1. The lowest BCUT2D eigenvalue weighted by molar-refractivity contribution is -0.131. The SMILES string of the molecule is COc1cc2c(cc1OC)CN(C(=O)Cc1ccc(N)cc1)CC2. The number of ether oxygens (including phenoxy) is 2. The Morgan fingerprint density at radius 1 is 1.08 bits per heavy atom. The predicted molar refractivity (Wildman–Crippen MR) is 93.2 cm³/mol. The third kappa shape index (κ3) is 3.30. The first-order valence-electron chi connectivity index (χ1n) is 7.96. The van der Waals surface area contributed by atoms with Gasteiger partial charge in [-0.05, 0) is 47.4 Å². The molecule has 3 rings (SSSR count). The van der Waals surface area contributed by atoms with Gasteiger partial charge in [-0.1, -0.05) is 12.1 Å². The number of hydrogen-bond acceptors (Lipinski definition) is 4. The van der Waals surface area contributed by atoms with E-state index in [1.807, 2.05) is 41.3 Å². The molecule has 1 heterocycles. The molecular formula is C19H22N2O3. The highest BCUT2D eigenvalue weighted by Gasteiger charge is 2.22. The number of fused-ring (bicyclic) bond motifs is 1. The van der Waals surface area contributed by atoms with Gasteiger partial charge in [0.05, 0.1) is 20.6 Å². The fourth-order valence-corrected chi connectivity index (χ4v) is 3.02. The van der Waals surface area contributed by atoms with E-state index < -0.39 is 0 Å². The Labute approximate surface area is 142 Å². The number of nitrogens with zero attached hydrogens (tertiary/aromatic N) is 1. The summed E-state index contributed by atoms with van der Waals surface area (Å²) >= 11 is 0. The van der Waals surface area contributed by atoms with Gasteiger partial charge < -0.3 is 20.1 Å². The molecule has 0 bridgehead atoms. The van der Waals surface area contributed by atoms with Crippen LogP contribution in [0.5, 0.6) is 11.5 Å². The minimum absolute atomic E-state index is 0.125. The summed E-state index contributed by atoms with van der Waals surface area (Å²) in [6.07, 6.45) is 1.21. The van der Waals surface area contributed by atoms with Crippen LogP contribution in [-0.4, -0.2) is 31.6 Å². The Morgan fingerprint density at radius 2 is 1.71 bits per heavy atom. The molecular weight excluding hydrogens is 304 g/mol. The number of methoxy groups -OCH3 is 2. The number of nitrogens with two attached hydrogens (primary N) is 1. The number of amides is 1. The van der Waals surface area contributed by atoms with Crippen LogP contribution < -0.4 is 15.2 Å². The van der Waals surface area contributed by atoms with Crippen LogP contribution in [0.15, 0.2) is 36.4 Å². The minimum Gasteiger partial charge on any atom is -0.493 e. The van der Waals surface area contributed by atoms with Crippen LogP contribution in [-0.2, 0) is 24.2 Å². The minimum atomic E-state index is 0.125. The van der Waals surface area contributed by atoms with Gasteiger partial charge in [0, 0.05) is 18.8 Å². The van der Waals surface area contributed by atoms with E-state index in [9.17, 15) is 4.79 Å². The van der Waals surface area contributed by atoms with E-state index in [-0.39, 0.29) is 5.91 Å². The van der Waals surface area contributed by atoms with Gasteiger partial charge in [0.25, 0.3) is 0 Å². The van der Waals surface area contributed by atoms with Gasteiger partial charge in [-0.25, -0.2) is 0 Å². The molecule has 1 aliphatic rings. The zero-order chi connectivity index (χ0) is 17.1. The number of rotatable bonds is 4. The molecule has 0 saturated carbocycles. The molecule has 0 atom stereocenters. The van der Waals surface area contributed by atoms with Crippen molar-refractivity contribution in [1.82, 2.24) is 4.90 Å². The molecule has 24 heavy (non-hydrogen) atoms. The van der Waals surface area contributed by atoms with Gasteiger partial charge in [0.15, 0.2) is 11.5 Å². The summed E-state index contributed by atoms with van der Waals surface area (Å²) in [4.78, 5) is 14.5. The average Bonchev–Trinajstić information content (AvgIpc) is 2.61. The zero-order valence-corrected chi connectivity index (χ0v) is 14.0. The highest BCUT2D eigenvalue weighted by atomic mass is 16.5. The summed E-state index contributed by atoms with van der Waals surface area (Å²) in [5, 5.41) is 0. The molecule has 0 aliphatic carbocycles. The number of carbonyl (C=O) groups excluding carboxylic acids is 1. The molecule has 2 aromatic rings. The lowest BCUT2D eigenvalue weighted by Gasteiger charge is -2.29. The predicted octanol–water partition coefficient (Wildman–Crippen LogP) is 2.41. The molecule has 1 amide bonds. The Balaban J connectivity index is 1.74. The third-order valence-corrected chi connectivity index (χ3v) is 4.41. The summed E-state index contributed by atoms with van der Waals surface area (Å²) in [7, 11) is 3.26. The van der Waals surface area contributed by atoms with Crippen molar-refractivity contribution in [2.75, 3.05) is 26.5 Å². The monoisotopic (exact) mass is 326 g/mol. The van der Waals surface area contributed by atoms with Crippen molar-refractivity contribution in [3.8, 4) is 11.5 Å². The van der Waals surface area contributed by atoms with Crippen molar-refractivity contribution in [3.05, 3.63) is 53.1 Å². The second-order valence-corrected chi connectivity index (χ2v) is 5.96. The number of benzene rings is 2. The van der Waals surface area contributed by atoms with Crippen molar-refractivity contribution < 1.29 is 14.3 Å². The zero-order valence-electron chi connectivity index (χ0n) is 14.0. The van der Waals surface area contributed by atoms with Crippen LogP contribution >= 0.6 is 0 Å². The molecule has 0 spiro atoms. The standard InChI is InChI=1S/C19H22N2O3/c1-23-17-10-14-7-8-21(12-15(14)11-18(17)24-2)19(22)9-13-3-5-16(20)6-4-13/h3-6,10-11H,7-9,12,20H2,1-2H3. The van der Waals surface area contributed by atoms with E-state index in [0.717, 1.165) is 29.8 Å². The first kappa shape index (κ1) is 16.2. The molecule has 2 aromatic carbocycles. The number of carbonyl (C=O) groups is 1. The van der Waals surface area contributed by atoms with Crippen molar-refractivity contribution in [1.29, 1.82) is 0 Å². The number of nitrogen functional groups attached to an aromatic ring is 1. The molecule has 126 valence electrons. The lowest BCUT2D eigenvalue weighted by Crippen LogP contribution is -2.36. The first-order valence-corrected chi connectivity index (χ1v) is 7.96. The fourth-order valence-electron chi connectivity index (χ4n) is 3.02. The molecule has 0 radical (unpaired) electrons. The van der Waals surface area contributed by atoms with Crippen molar-refractivity contribution >= 4 is 11.6 Å². The Bertz CT molecular complexity index is 741. The molecule has 5 heteroatoms. The fraction of sp³-hybridized carbons (Fsp3) is 0.316. The summed E-state index contributed by atoms with van der Waals surface area (Å²) in [5.74, 6) is 1.56. The van der Waals surface area contributed by atoms with Crippen LogP contribution in [0.1, 0.15) is 16.7 Å². The van der Waals surface area contributed by atoms with Crippen LogP contribution in [0.2, 0.25) is 0 Å². The maximum absolute atomic E-state index is 12.6. The molecule has 1 aliphatic heterocycles. The molecule has 0 saturated heterocycles. The highest BCUT2D eigenvalue weighted by molar-refractivity contribution is 5.79. The van der Waals surface area contributed by atoms with Gasteiger partial charge in [0.1, 0.15) is 0 Å². The Hall–Kier alpha value is -2.69. The van der Waals surface area contributed by atoms with E-state index in [0.29, 0.717) is 24.4 Å². The van der Waals surface area contributed by atoms with E-state index in [4.69, 9.17) is 15.2 Å². The van der Waals surface area contributed by atoms with Gasteiger partial charge in [0.2, 0.25) is 5.91 Å². The molecule has 5 nitrogen and oxygen atoms in total. The van der Waals surface area contributed by atoms with E-state index in [1.54, 1.807) is 14.2 Å². The van der Waals surface area contributed by atoms with Crippen molar-refractivity contribution in [2.24, 2.45) is 0 Å². The normalized spacial score (nSPS) is 13.3. The lowest BCUT2D eigenvalue weighted by atomic mass is 9.98. The van der Waals surface area contributed by atoms with E-state index in [2.05, 4.69) is 0 Å². The average molecular weight is 326 g/mol. The maximum atomic E-state index is 12.6. The van der Waals surface area contributed by atoms with Gasteiger partial charge >= 0.3 is 0 Å². The van der Waals surface area contributed by atoms with Crippen LogP contribution in [0.4, 0.5) is 5.69 Å². The molecule has 2 N–H and O–H groups in total. The third-order valence-electron chi connectivity index (χ3n) is 4.41. The van der Waals surface area contributed by atoms with Crippen LogP contribution in [0.3, 0.4) is 0 Å². The van der Waals surface area contributed by atoms with Gasteiger partial charge in [-0.15, -0.1) is 0 Å². The topological polar surface area (TPSA) is 64.8 Å². The van der Waals surface area contributed by atoms with Crippen LogP contribution in [0, 0.1) is 0 Å². The van der Waals surface area contributed by atoms with Crippen LogP contribution in [0.25, 0.3) is 0 Å². The summed E-state index contributed by atoms with van der Waals surface area (Å²) in [5.41, 5.74) is 9.70. The van der Waals surface area contributed by atoms with Gasteiger partial charge in [-0.2, -0.15) is 0 Å². The smallest absolute Gasteiger partial charge is 0.227 e. The quantitative estimate of drug-likeness (QED) is 0.876. The Morgan fingerprint density at radius 3 is 2.33 bits per heavy atom. The number of hydrogen-bond donors (Lipinski definition) is 1. The van der Waals surface area contributed by atoms with E-state index >= 15 is 0 Å². The molecule has 0 unspecified atom stereocenters. The summed E-state index contributed by atoms with van der Waals surface area (Å²) in [6, 6.07) is 11.4. The second kappa shape index (κ2) is 6.83. The summed E-state index contributed by atoms with van der Waals surface area (Å²) in [6.45, 7) is 1.32. The van der Waals surface area contributed by atoms with E-state index in [1.165, 1.54) is 5.56 Å². The Kier molecular flexibility index (Phi) is 4.60. The van der Waals surface area contributed by atoms with Gasteiger partial charge in [-0.3, -0.25) is 4.79 Å². The second-order valence-electron chi connectivity index (χ2n) is 5.96. The van der Waals surface area contributed by atoms with Crippen molar-refractivity contribution in [3.63, 3.8) is 0 Å². The molecule has 0 fully saturated rings. The highest BCUT2D eigenvalue weighted by Crippen LogP contribution is 2.33. The first-order chi connectivity index (χ1) is 11.6.